The second-order valence-electron chi connectivity index (χ2n) is 7.10. The predicted molar refractivity (Wildman–Crippen MR) is 92.1 cm³/mol. The first-order valence-electron chi connectivity index (χ1n) is 9.06. The van der Waals surface area contributed by atoms with Crippen molar-refractivity contribution in [3.05, 3.63) is 34.7 Å². The van der Waals surface area contributed by atoms with Crippen LogP contribution in [0.4, 0.5) is 0 Å². The van der Waals surface area contributed by atoms with E-state index in [-0.39, 0.29) is 5.69 Å². The van der Waals surface area contributed by atoms with E-state index in [2.05, 4.69) is 16.0 Å². The fourth-order valence-electron chi connectivity index (χ4n) is 4.28. The predicted octanol–water partition coefficient (Wildman–Crippen LogP) is 0.645. The number of benzene rings is 1. The summed E-state index contributed by atoms with van der Waals surface area (Å²) in [5, 5.41) is 0. The second-order valence-corrected chi connectivity index (χ2v) is 7.10. The summed E-state index contributed by atoms with van der Waals surface area (Å²) in [4.78, 5) is 19.7. The normalized spacial score (nSPS) is 21.4. The van der Waals surface area contributed by atoms with Gasteiger partial charge in [-0.05, 0) is 25.0 Å². The molecule has 124 valence electrons. The van der Waals surface area contributed by atoms with Crippen molar-refractivity contribution in [2.24, 2.45) is 0 Å². The number of imidazole rings is 1. The van der Waals surface area contributed by atoms with Gasteiger partial charge in [-0.15, -0.1) is 0 Å². The van der Waals surface area contributed by atoms with Crippen molar-refractivity contribution in [1.29, 1.82) is 0 Å². The lowest BCUT2D eigenvalue weighted by Crippen LogP contribution is -3.10. The van der Waals surface area contributed by atoms with Gasteiger partial charge < -0.3 is 9.88 Å². The minimum atomic E-state index is 0.0474. The van der Waals surface area contributed by atoms with E-state index in [1.165, 1.54) is 39.0 Å². The van der Waals surface area contributed by atoms with Crippen LogP contribution in [0.15, 0.2) is 29.1 Å². The van der Waals surface area contributed by atoms with Crippen LogP contribution in [0, 0.1) is 0 Å². The second kappa shape index (κ2) is 6.49. The Hall–Kier alpha value is -1.59. The molecule has 0 radical (unpaired) electrons. The summed E-state index contributed by atoms with van der Waals surface area (Å²) in [5.74, 6) is 0. The summed E-state index contributed by atoms with van der Waals surface area (Å²) in [6.45, 7) is 7.46. The van der Waals surface area contributed by atoms with E-state index in [9.17, 15) is 4.79 Å². The van der Waals surface area contributed by atoms with Crippen molar-refractivity contribution in [2.75, 3.05) is 39.3 Å². The molecule has 0 amide bonds. The van der Waals surface area contributed by atoms with Crippen molar-refractivity contribution in [1.82, 2.24) is 14.5 Å². The number of hydrogen-bond donors (Lipinski definition) is 2. The Morgan fingerprint density at radius 2 is 1.87 bits per heavy atom. The lowest BCUT2D eigenvalue weighted by molar-refractivity contribution is -0.886. The molecule has 0 atom stereocenters. The van der Waals surface area contributed by atoms with Gasteiger partial charge >= 0.3 is 5.69 Å². The molecule has 0 saturated carbocycles. The molecule has 2 aliphatic heterocycles. The smallest absolute Gasteiger partial charge is 0.326 e. The average Bonchev–Trinajstić information content (AvgIpc) is 3.20. The third kappa shape index (κ3) is 3.08. The third-order valence-electron chi connectivity index (χ3n) is 5.64. The average molecular weight is 315 g/mol. The minimum Gasteiger partial charge on any atom is -0.334 e. The molecule has 1 aromatic carbocycles. The fraction of sp³-hybridized carbons (Fsp3) is 0.611. The minimum absolute atomic E-state index is 0.0474. The molecule has 2 fully saturated rings. The van der Waals surface area contributed by atoms with Gasteiger partial charge in [0, 0.05) is 38.5 Å². The topological polar surface area (TPSA) is 45.5 Å². The highest BCUT2D eigenvalue weighted by atomic mass is 16.1. The van der Waals surface area contributed by atoms with Gasteiger partial charge in [-0.3, -0.25) is 9.47 Å². The van der Waals surface area contributed by atoms with E-state index in [0.717, 1.165) is 37.0 Å². The molecule has 2 saturated heterocycles. The van der Waals surface area contributed by atoms with Gasteiger partial charge in [-0.1, -0.05) is 12.1 Å². The van der Waals surface area contributed by atoms with Crippen LogP contribution >= 0.6 is 0 Å². The summed E-state index contributed by atoms with van der Waals surface area (Å²) in [6.07, 6.45) is 4.97. The standard InChI is InChI=1S/C18H26N4O/c23-18-19-16-5-1-2-6-17(16)22(18)15-7-11-21(12-8-15)14-13-20-9-3-4-10-20/h1-2,5-6,15H,3-4,7-14H2,(H,19,23)/p+1. The summed E-state index contributed by atoms with van der Waals surface area (Å²) in [5.41, 5.74) is 2.06. The Balaban J connectivity index is 1.39. The zero-order valence-corrected chi connectivity index (χ0v) is 13.8. The first-order chi connectivity index (χ1) is 11.3. The fourth-order valence-corrected chi connectivity index (χ4v) is 4.28. The number of fused-ring (bicyclic) bond motifs is 1. The molecule has 0 aliphatic carbocycles. The van der Waals surface area contributed by atoms with Crippen LogP contribution in [-0.4, -0.2) is 53.7 Å². The number of nitrogens with one attached hydrogen (secondary N) is 2. The molecule has 0 unspecified atom stereocenters. The SMILES string of the molecule is O=c1[nH]c2ccccc2n1C1CCN(CC[NH+]2CCCC2)CC1. The van der Waals surface area contributed by atoms with E-state index < -0.39 is 0 Å². The van der Waals surface area contributed by atoms with E-state index in [0.29, 0.717) is 6.04 Å². The van der Waals surface area contributed by atoms with Crippen molar-refractivity contribution in [2.45, 2.75) is 31.7 Å². The molecular formula is C18H27N4O+. The Kier molecular flexibility index (Phi) is 4.23. The molecule has 0 spiro atoms. The highest BCUT2D eigenvalue weighted by Crippen LogP contribution is 2.24. The van der Waals surface area contributed by atoms with Gasteiger partial charge in [-0.2, -0.15) is 0 Å². The first kappa shape index (κ1) is 15.0. The maximum Gasteiger partial charge on any atom is 0.326 e. The van der Waals surface area contributed by atoms with Crippen LogP contribution in [-0.2, 0) is 0 Å². The van der Waals surface area contributed by atoms with E-state index in [4.69, 9.17) is 0 Å². The summed E-state index contributed by atoms with van der Waals surface area (Å²) in [7, 11) is 0. The van der Waals surface area contributed by atoms with Crippen LogP contribution in [0.2, 0.25) is 0 Å². The number of aromatic nitrogens is 2. The quantitative estimate of drug-likeness (QED) is 0.870. The number of piperidine rings is 1. The van der Waals surface area contributed by atoms with E-state index in [1.54, 1.807) is 4.90 Å². The largest absolute Gasteiger partial charge is 0.334 e. The number of likely N-dealkylation sites (tertiary alicyclic amines) is 2. The molecule has 5 heteroatoms. The summed E-state index contributed by atoms with van der Waals surface area (Å²) >= 11 is 0. The van der Waals surface area contributed by atoms with Gasteiger partial charge in [0.15, 0.2) is 0 Å². The van der Waals surface area contributed by atoms with Crippen LogP contribution in [0.5, 0.6) is 0 Å². The first-order valence-corrected chi connectivity index (χ1v) is 9.06. The van der Waals surface area contributed by atoms with Gasteiger partial charge in [0.25, 0.3) is 0 Å². The highest BCUT2D eigenvalue weighted by Gasteiger charge is 2.24. The molecule has 4 rings (SSSR count). The lowest BCUT2D eigenvalue weighted by Gasteiger charge is -2.32. The van der Waals surface area contributed by atoms with Crippen LogP contribution in [0.25, 0.3) is 11.0 Å². The van der Waals surface area contributed by atoms with Crippen molar-refractivity contribution in [3.8, 4) is 0 Å². The zero-order chi connectivity index (χ0) is 15.6. The molecule has 2 N–H and O–H groups in total. The number of H-pyrrole nitrogens is 1. The number of quaternary nitrogens is 1. The maximum absolute atomic E-state index is 12.3. The molecule has 2 aromatic rings. The number of hydrogen-bond acceptors (Lipinski definition) is 2. The number of para-hydroxylation sites is 2. The highest BCUT2D eigenvalue weighted by molar-refractivity contribution is 5.75. The molecular weight excluding hydrogens is 288 g/mol. The molecule has 5 nitrogen and oxygen atoms in total. The molecule has 1 aromatic heterocycles. The van der Waals surface area contributed by atoms with Gasteiger partial charge in [0.05, 0.1) is 30.7 Å². The maximum atomic E-state index is 12.3. The Bertz CT molecular complexity index is 705. The zero-order valence-electron chi connectivity index (χ0n) is 13.8. The van der Waals surface area contributed by atoms with Crippen LogP contribution in [0.3, 0.4) is 0 Å². The van der Waals surface area contributed by atoms with E-state index >= 15 is 0 Å². The monoisotopic (exact) mass is 315 g/mol. The number of aromatic amines is 1. The lowest BCUT2D eigenvalue weighted by atomic mass is 10.0. The van der Waals surface area contributed by atoms with Crippen molar-refractivity contribution >= 4 is 11.0 Å². The number of rotatable bonds is 4. The third-order valence-corrected chi connectivity index (χ3v) is 5.64. The molecule has 3 heterocycles. The Morgan fingerprint density at radius 1 is 1.13 bits per heavy atom. The van der Waals surface area contributed by atoms with Gasteiger partial charge in [0.2, 0.25) is 0 Å². The molecule has 23 heavy (non-hydrogen) atoms. The van der Waals surface area contributed by atoms with E-state index in [1.807, 2.05) is 22.8 Å². The summed E-state index contributed by atoms with van der Waals surface area (Å²) in [6, 6.07) is 8.37. The van der Waals surface area contributed by atoms with Gasteiger partial charge in [0.1, 0.15) is 0 Å². The van der Waals surface area contributed by atoms with Crippen LogP contribution < -0.4 is 10.6 Å². The van der Waals surface area contributed by atoms with Crippen LogP contribution in [0.1, 0.15) is 31.7 Å². The van der Waals surface area contributed by atoms with Crippen molar-refractivity contribution in [3.63, 3.8) is 0 Å². The molecule has 0 bridgehead atoms. The summed E-state index contributed by atoms with van der Waals surface area (Å²) < 4.78 is 1.98. The van der Waals surface area contributed by atoms with Gasteiger partial charge in [-0.25, -0.2) is 4.79 Å². The Morgan fingerprint density at radius 3 is 2.65 bits per heavy atom. The van der Waals surface area contributed by atoms with Crippen molar-refractivity contribution < 1.29 is 4.90 Å². The number of nitrogens with zero attached hydrogens (tertiary/aromatic N) is 2. The Labute approximate surface area is 136 Å². The molecule has 2 aliphatic rings.